The van der Waals surface area contributed by atoms with Gasteiger partial charge in [0, 0.05) is 19.1 Å². The molecular weight excluding hydrogens is 414 g/mol. The summed E-state index contributed by atoms with van der Waals surface area (Å²) >= 11 is 0. The highest BCUT2D eigenvalue weighted by atomic mass is 16.5. The number of hydrogen-bond donors (Lipinski definition) is 1. The molecule has 0 aliphatic heterocycles. The van der Waals surface area contributed by atoms with E-state index >= 15 is 0 Å². The van der Waals surface area contributed by atoms with Crippen molar-refractivity contribution in [2.45, 2.75) is 46.4 Å². The highest BCUT2D eigenvalue weighted by Crippen LogP contribution is 2.32. The quantitative estimate of drug-likeness (QED) is 0.346. The third-order valence-electron chi connectivity index (χ3n) is 5.41. The highest BCUT2D eigenvalue weighted by molar-refractivity contribution is 5.43. The van der Waals surface area contributed by atoms with Gasteiger partial charge in [-0.1, -0.05) is 41.8 Å². The lowest BCUT2D eigenvalue weighted by Gasteiger charge is -2.28. The third-order valence-corrected chi connectivity index (χ3v) is 5.41. The molecule has 3 rings (SSSR count). The van der Waals surface area contributed by atoms with Gasteiger partial charge in [-0.15, -0.1) is 6.42 Å². The molecule has 0 amide bonds. The van der Waals surface area contributed by atoms with Crippen molar-refractivity contribution in [2.75, 3.05) is 19.8 Å². The summed E-state index contributed by atoms with van der Waals surface area (Å²) in [7, 11) is 0. The molecule has 6 nitrogen and oxygen atoms in total. The number of rotatable bonds is 11. The standard InChI is InChI=1S/C27H33N3O3/c1-6-16-32-19-24(31)17-29(20(2)3)18-26-22(5)28-30(23-10-8-7-9-11-23)27(26)33-25-14-12-21(4)13-15-25/h1,7-15,20,24,31H,16-19H2,2-5H3. The fourth-order valence-corrected chi connectivity index (χ4v) is 3.53. The molecule has 1 aromatic heterocycles. The van der Waals surface area contributed by atoms with Crippen LogP contribution in [0.15, 0.2) is 54.6 Å². The minimum absolute atomic E-state index is 0.191. The fourth-order valence-electron chi connectivity index (χ4n) is 3.53. The normalized spacial score (nSPS) is 12.2. The van der Waals surface area contributed by atoms with Gasteiger partial charge in [-0.3, -0.25) is 4.90 Å². The van der Waals surface area contributed by atoms with Crippen LogP contribution < -0.4 is 4.74 Å². The second-order valence-electron chi connectivity index (χ2n) is 8.43. The van der Waals surface area contributed by atoms with Crippen LogP contribution in [0.1, 0.15) is 30.7 Å². The van der Waals surface area contributed by atoms with E-state index in [4.69, 9.17) is 21.0 Å². The smallest absolute Gasteiger partial charge is 0.227 e. The number of ether oxygens (including phenoxy) is 2. The molecule has 1 atom stereocenters. The van der Waals surface area contributed by atoms with Crippen molar-refractivity contribution in [2.24, 2.45) is 0 Å². The van der Waals surface area contributed by atoms with Crippen molar-refractivity contribution >= 4 is 0 Å². The molecule has 0 saturated heterocycles. The average Bonchev–Trinajstić information content (AvgIpc) is 3.10. The molecule has 0 fully saturated rings. The van der Waals surface area contributed by atoms with Crippen molar-refractivity contribution in [1.82, 2.24) is 14.7 Å². The summed E-state index contributed by atoms with van der Waals surface area (Å²) in [5.41, 5.74) is 3.95. The zero-order valence-corrected chi connectivity index (χ0v) is 19.9. The Bertz CT molecular complexity index is 1050. The van der Waals surface area contributed by atoms with Crippen LogP contribution in [0.25, 0.3) is 5.69 Å². The first kappa shape index (κ1) is 24.5. The summed E-state index contributed by atoms with van der Waals surface area (Å²) in [6.45, 7) is 9.65. The number of terminal acetylenes is 1. The van der Waals surface area contributed by atoms with E-state index in [2.05, 4.69) is 24.7 Å². The Balaban J connectivity index is 1.93. The molecule has 1 unspecified atom stereocenters. The van der Waals surface area contributed by atoms with Crippen LogP contribution >= 0.6 is 0 Å². The van der Waals surface area contributed by atoms with E-state index in [-0.39, 0.29) is 19.3 Å². The predicted molar refractivity (Wildman–Crippen MR) is 131 cm³/mol. The number of aryl methyl sites for hydroxylation is 2. The van der Waals surface area contributed by atoms with Gasteiger partial charge in [0.1, 0.15) is 12.4 Å². The Kier molecular flexibility index (Phi) is 8.67. The maximum absolute atomic E-state index is 10.5. The van der Waals surface area contributed by atoms with Crippen LogP contribution in [-0.4, -0.2) is 51.7 Å². The number of aromatic nitrogens is 2. The summed E-state index contributed by atoms with van der Waals surface area (Å²) in [5, 5.41) is 15.3. The largest absolute Gasteiger partial charge is 0.439 e. The monoisotopic (exact) mass is 447 g/mol. The summed E-state index contributed by atoms with van der Waals surface area (Å²) < 4.78 is 13.6. The first-order valence-corrected chi connectivity index (χ1v) is 11.2. The molecular formula is C27H33N3O3. The van der Waals surface area contributed by atoms with Crippen molar-refractivity contribution in [3.05, 3.63) is 71.4 Å². The summed E-state index contributed by atoms with van der Waals surface area (Å²) in [5.74, 6) is 3.84. The van der Waals surface area contributed by atoms with Crippen molar-refractivity contribution < 1.29 is 14.6 Å². The van der Waals surface area contributed by atoms with E-state index in [1.54, 1.807) is 0 Å². The highest BCUT2D eigenvalue weighted by Gasteiger charge is 2.24. The van der Waals surface area contributed by atoms with E-state index < -0.39 is 6.10 Å². The second-order valence-corrected chi connectivity index (χ2v) is 8.43. The van der Waals surface area contributed by atoms with Gasteiger partial charge in [-0.05, 0) is 52.0 Å². The van der Waals surface area contributed by atoms with Gasteiger partial charge >= 0.3 is 0 Å². The molecule has 1 N–H and O–H groups in total. The van der Waals surface area contributed by atoms with Crippen LogP contribution in [0.2, 0.25) is 0 Å². The Morgan fingerprint density at radius 1 is 1.09 bits per heavy atom. The predicted octanol–water partition coefficient (Wildman–Crippen LogP) is 4.50. The number of para-hydroxylation sites is 1. The fraction of sp³-hybridized carbons (Fsp3) is 0.370. The van der Waals surface area contributed by atoms with Crippen LogP contribution in [-0.2, 0) is 11.3 Å². The molecule has 174 valence electrons. The van der Waals surface area contributed by atoms with Crippen LogP contribution in [0.5, 0.6) is 11.6 Å². The minimum atomic E-state index is -0.647. The van der Waals surface area contributed by atoms with Gasteiger partial charge in [0.2, 0.25) is 5.88 Å². The van der Waals surface area contributed by atoms with E-state index in [1.807, 2.05) is 73.1 Å². The first-order valence-electron chi connectivity index (χ1n) is 11.2. The van der Waals surface area contributed by atoms with Gasteiger partial charge in [-0.2, -0.15) is 5.10 Å². The van der Waals surface area contributed by atoms with Crippen LogP contribution in [0.4, 0.5) is 0 Å². The zero-order chi connectivity index (χ0) is 23.8. The summed E-state index contributed by atoms with van der Waals surface area (Å²) in [6.07, 6.45) is 4.58. The lowest BCUT2D eigenvalue weighted by molar-refractivity contribution is 0.0190. The van der Waals surface area contributed by atoms with Gasteiger partial charge in [-0.25, -0.2) is 4.68 Å². The Morgan fingerprint density at radius 2 is 1.79 bits per heavy atom. The molecule has 0 bridgehead atoms. The Morgan fingerprint density at radius 3 is 2.42 bits per heavy atom. The lowest BCUT2D eigenvalue weighted by Crippen LogP contribution is -2.39. The molecule has 2 aromatic carbocycles. The van der Waals surface area contributed by atoms with E-state index in [1.165, 1.54) is 5.56 Å². The minimum Gasteiger partial charge on any atom is -0.439 e. The number of aliphatic hydroxyl groups is 1. The molecule has 0 radical (unpaired) electrons. The van der Waals surface area contributed by atoms with Gasteiger partial charge in [0.15, 0.2) is 0 Å². The van der Waals surface area contributed by atoms with Crippen molar-refractivity contribution in [1.29, 1.82) is 0 Å². The van der Waals surface area contributed by atoms with Gasteiger partial charge in [0.25, 0.3) is 0 Å². The topological polar surface area (TPSA) is 59.8 Å². The van der Waals surface area contributed by atoms with Gasteiger partial charge < -0.3 is 14.6 Å². The number of benzene rings is 2. The summed E-state index contributed by atoms with van der Waals surface area (Å²) in [4.78, 5) is 2.19. The number of hydrogen-bond acceptors (Lipinski definition) is 5. The first-order chi connectivity index (χ1) is 15.9. The maximum Gasteiger partial charge on any atom is 0.227 e. The molecule has 0 aliphatic rings. The average molecular weight is 448 g/mol. The van der Waals surface area contributed by atoms with E-state index in [9.17, 15) is 5.11 Å². The maximum atomic E-state index is 10.5. The van der Waals surface area contributed by atoms with Crippen molar-refractivity contribution in [3.63, 3.8) is 0 Å². The molecule has 0 saturated carbocycles. The van der Waals surface area contributed by atoms with E-state index in [0.717, 1.165) is 22.7 Å². The van der Waals surface area contributed by atoms with Crippen LogP contribution in [0.3, 0.4) is 0 Å². The molecule has 0 spiro atoms. The Hall–Kier alpha value is -3.11. The van der Waals surface area contributed by atoms with Crippen molar-refractivity contribution in [3.8, 4) is 29.7 Å². The SMILES string of the molecule is C#CCOCC(O)CN(Cc1c(C)nn(-c2ccccc2)c1Oc1ccc(C)cc1)C(C)C. The zero-order valence-electron chi connectivity index (χ0n) is 19.9. The molecule has 0 aliphatic carbocycles. The van der Waals surface area contributed by atoms with E-state index in [0.29, 0.717) is 19.0 Å². The molecule has 1 heterocycles. The molecule has 3 aromatic rings. The molecule has 33 heavy (non-hydrogen) atoms. The number of nitrogens with zero attached hydrogens (tertiary/aromatic N) is 3. The van der Waals surface area contributed by atoms with Gasteiger partial charge in [0.05, 0.1) is 29.7 Å². The number of aliphatic hydroxyl groups excluding tert-OH is 1. The molecule has 6 heteroatoms. The lowest BCUT2D eigenvalue weighted by atomic mass is 10.2. The summed E-state index contributed by atoms with van der Waals surface area (Å²) in [6, 6.07) is 18.1. The second kappa shape index (κ2) is 11.7. The third kappa shape index (κ3) is 6.69. The van der Waals surface area contributed by atoms with Crippen LogP contribution in [0, 0.1) is 26.2 Å². The Labute approximate surface area is 196 Å².